The predicted molar refractivity (Wildman–Crippen MR) is 115 cm³/mol. The number of anilines is 2. The molecule has 3 rings (SSSR count). The van der Waals surface area contributed by atoms with E-state index < -0.39 is 50.4 Å². The molecular formula is C20H20ClF5N4O2S. The van der Waals surface area contributed by atoms with Gasteiger partial charge in [0, 0.05) is 42.8 Å². The van der Waals surface area contributed by atoms with Crippen molar-refractivity contribution < 1.29 is 31.0 Å². The fraction of sp³-hybridized carbons (Fsp3) is 0.400. The molecule has 1 atom stereocenters. The topological polar surface area (TPSA) is 86.2 Å². The van der Waals surface area contributed by atoms with Crippen LogP contribution in [0.4, 0.5) is 33.3 Å². The highest BCUT2D eigenvalue weighted by Gasteiger charge is 2.39. The van der Waals surface area contributed by atoms with E-state index in [1.165, 1.54) is 35.4 Å². The highest BCUT2D eigenvalue weighted by molar-refractivity contribution is 7.91. The van der Waals surface area contributed by atoms with E-state index in [1.807, 2.05) is 0 Å². The van der Waals surface area contributed by atoms with E-state index in [9.17, 15) is 31.0 Å². The van der Waals surface area contributed by atoms with E-state index in [2.05, 4.69) is 10.3 Å². The van der Waals surface area contributed by atoms with E-state index >= 15 is 0 Å². The van der Waals surface area contributed by atoms with Gasteiger partial charge in [0.1, 0.15) is 0 Å². The van der Waals surface area contributed by atoms with Gasteiger partial charge in [-0.25, -0.2) is 22.8 Å². The normalized spacial score (nSPS) is 18.3. The monoisotopic (exact) mass is 510 g/mol. The van der Waals surface area contributed by atoms with Gasteiger partial charge in [-0.1, -0.05) is 17.7 Å². The van der Waals surface area contributed by atoms with E-state index in [4.69, 9.17) is 16.4 Å². The molecule has 0 spiro atoms. The van der Waals surface area contributed by atoms with Crippen LogP contribution in [0, 0.1) is 4.78 Å². The third-order valence-corrected chi connectivity index (χ3v) is 6.62. The molecule has 0 aliphatic carbocycles. The molecule has 0 radical (unpaired) electrons. The minimum Gasteiger partial charge on any atom is -0.369 e. The third-order valence-electron chi connectivity index (χ3n) is 5.10. The van der Waals surface area contributed by atoms with Crippen LogP contribution in [0.1, 0.15) is 35.3 Å². The molecule has 0 unspecified atom stereocenters. The lowest BCUT2D eigenvalue weighted by molar-refractivity contribution is -0.141. The summed E-state index contributed by atoms with van der Waals surface area (Å²) >= 11 is 5.99. The number of alkyl halides is 5. The maximum atomic E-state index is 13.8. The predicted octanol–water partition coefficient (Wildman–Crippen LogP) is 5.67. The summed E-state index contributed by atoms with van der Waals surface area (Å²) in [5, 5.41) is 1.45. The van der Waals surface area contributed by atoms with Gasteiger partial charge in [0.05, 0.1) is 32.2 Å². The Balaban J connectivity index is 2.05. The van der Waals surface area contributed by atoms with Crippen molar-refractivity contribution in [2.45, 2.75) is 36.3 Å². The number of amides is 1. The molecule has 1 aliphatic rings. The van der Waals surface area contributed by atoms with Crippen molar-refractivity contribution in [2.75, 3.05) is 29.6 Å². The fourth-order valence-corrected chi connectivity index (χ4v) is 4.47. The van der Waals surface area contributed by atoms with E-state index in [0.717, 1.165) is 6.20 Å². The largest absolute Gasteiger partial charge is 0.434 e. The molecule has 0 bridgehead atoms. The first-order chi connectivity index (χ1) is 15.2. The average molecular weight is 511 g/mol. The Morgan fingerprint density at radius 2 is 1.97 bits per heavy atom. The summed E-state index contributed by atoms with van der Waals surface area (Å²) in [4.78, 5) is 17.9. The second-order valence-electron chi connectivity index (χ2n) is 7.70. The smallest absolute Gasteiger partial charge is 0.369 e. The van der Waals surface area contributed by atoms with E-state index in [-0.39, 0.29) is 42.2 Å². The van der Waals surface area contributed by atoms with Crippen molar-refractivity contribution in [2.24, 2.45) is 0 Å². The van der Waals surface area contributed by atoms with Gasteiger partial charge in [0.2, 0.25) is 5.92 Å². The van der Waals surface area contributed by atoms with Crippen molar-refractivity contribution in [1.29, 1.82) is 4.78 Å². The number of carbonyl (C=O) groups is 1. The van der Waals surface area contributed by atoms with Crippen molar-refractivity contribution in [1.82, 2.24) is 4.98 Å². The SMILES string of the molecule is C[S@](=N)(=O)c1cccc(NC(=O)c2c(N3CCCC(F)(F)CC3)cnc(C(F)(F)F)c2Cl)c1. The Labute approximate surface area is 192 Å². The van der Waals surface area contributed by atoms with Crippen molar-refractivity contribution in [3.05, 3.63) is 46.7 Å². The Hall–Kier alpha value is -2.47. The first kappa shape index (κ1) is 25.2. The first-order valence-electron chi connectivity index (χ1n) is 9.73. The Morgan fingerprint density at radius 1 is 1.27 bits per heavy atom. The Kier molecular flexibility index (Phi) is 6.90. The van der Waals surface area contributed by atoms with Crippen molar-refractivity contribution >= 4 is 38.6 Å². The fourth-order valence-electron chi connectivity index (χ4n) is 3.45. The molecule has 1 fully saturated rings. The van der Waals surface area contributed by atoms with Crippen LogP contribution in [0.25, 0.3) is 0 Å². The lowest BCUT2D eigenvalue weighted by Gasteiger charge is -2.26. The standard InChI is InChI=1S/C20H20ClF5N4O2S/c1-33(27,32)13-5-2-4-12(10-13)29-18(31)15-14(11-28-17(16(15)21)20(24,25)26)30-8-3-6-19(22,23)7-9-30/h2,4-5,10-11,27H,3,6-9H2,1H3,(H,29,31)/t33-/m0/s1. The van der Waals surface area contributed by atoms with Gasteiger partial charge in [-0.2, -0.15) is 13.2 Å². The number of hydrogen-bond donors (Lipinski definition) is 2. The van der Waals surface area contributed by atoms with Crippen molar-refractivity contribution in [3.8, 4) is 0 Å². The number of rotatable bonds is 4. The average Bonchev–Trinajstić information content (AvgIpc) is 2.86. The summed E-state index contributed by atoms with van der Waals surface area (Å²) < 4.78 is 87.4. The highest BCUT2D eigenvalue weighted by atomic mass is 35.5. The third kappa shape index (κ3) is 5.91. The van der Waals surface area contributed by atoms with E-state index in [1.54, 1.807) is 0 Å². The summed E-state index contributed by atoms with van der Waals surface area (Å²) in [5.41, 5.74) is -2.05. The molecule has 1 aromatic heterocycles. The molecule has 33 heavy (non-hydrogen) atoms. The van der Waals surface area contributed by atoms with Crippen LogP contribution in [-0.4, -0.2) is 40.4 Å². The molecule has 0 saturated carbocycles. The minimum atomic E-state index is -4.95. The Morgan fingerprint density at radius 3 is 2.61 bits per heavy atom. The molecule has 13 heteroatoms. The summed E-state index contributed by atoms with van der Waals surface area (Å²) in [6.45, 7) is -0.131. The zero-order valence-corrected chi connectivity index (χ0v) is 18.9. The van der Waals surface area contributed by atoms with E-state index in [0.29, 0.717) is 0 Å². The molecule has 1 saturated heterocycles. The van der Waals surface area contributed by atoms with Crippen LogP contribution < -0.4 is 10.2 Å². The van der Waals surface area contributed by atoms with Crippen LogP contribution >= 0.6 is 11.6 Å². The van der Waals surface area contributed by atoms with Gasteiger partial charge in [0.15, 0.2) is 5.69 Å². The summed E-state index contributed by atoms with van der Waals surface area (Å²) in [7, 11) is -3.12. The number of carbonyl (C=O) groups excluding carboxylic acids is 1. The summed E-state index contributed by atoms with van der Waals surface area (Å²) in [6, 6.07) is 5.50. The number of benzene rings is 1. The lowest BCUT2D eigenvalue weighted by atomic mass is 10.1. The van der Waals surface area contributed by atoms with Crippen LogP contribution in [0.3, 0.4) is 0 Å². The van der Waals surface area contributed by atoms with Gasteiger partial charge in [0.25, 0.3) is 5.91 Å². The second-order valence-corrected chi connectivity index (χ2v) is 10.2. The molecule has 1 aromatic carbocycles. The molecule has 2 aromatic rings. The first-order valence-corrected chi connectivity index (χ1v) is 12.1. The van der Waals surface area contributed by atoms with Gasteiger partial charge in [-0.05, 0) is 24.6 Å². The number of nitrogens with zero attached hydrogens (tertiary/aromatic N) is 2. The molecule has 180 valence electrons. The molecular weight excluding hydrogens is 491 g/mol. The van der Waals surface area contributed by atoms with Crippen LogP contribution in [0.15, 0.2) is 35.4 Å². The number of hydrogen-bond acceptors (Lipinski definition) is 5. The van der Waals surface area contributed by atoms with Crippen molar-refractivity contribution in [3.63, 3.8) is 0 Å². The molecule has 2 N–H and O–H groups in total. The Bertz CT molecular complexity index is 1170. The zero-order chi connectivity index (χ0) is 24.6. The number of nitrogens with one attached hydrogen (secondary N) is 2. The minimum absolute atomic E-state index is 0.0586. The second kappa shape index (κ2) is 9.05. The number of aromatic nitrogens is 1. The summed E-state index contributed by atoms with van der Waals surface area (Å²) in [5.74, 6) is -3.95. The molecule has 2 heterocycles. The molecule has 1 aliphatic heterocycles. The summed E-state index contributed by atoms with van der Waals surface area (Å²) in [6.07, 6.45) is -3.83. The van der Waals surface area contributed by atoms with Gasteiger partial charge >= 0.3 is 6.18 Å². The molecule has 6 nitrogen and oxygen atoms in total. The highest BCUT2D eigenvalue weighted by Crippen LogP contribution is 2.39. The zero-order valence-electron chi connectivity index (χ0n) is 17.3. The van der Waals surface area contributed by atoms with Gasteiger partial charge in [-0.3, -0.25) is 4.79 Å². The quantitative estimate of drug-likeness (QED) is 0.519. The van der Waals surface area contributed by atoms with Gasteiger partial charge in [-0.15, -0.1) is 0 Å². The molecule has 1 amide bonds. The number of pyridine rings is 1. The van der Waals surface area contributed by atoms with Gasteiger partial charge < -0.3 is 10.2 Å². The number of halogens is 6. The van der Waals surface area contributed by atoms with Crippen LogP contribution in [-0.2, 0) is 15.9 Å². The maximum absolute atomic E-state index is 13.8. The van der Waals surface area contributed by atoms with Crippen LogP contribution in [0.2, 0.25) is 5.02 Å². The lowest BCUT2D eigenvalue weighted by Crippen LogP contribution is -2.29. The maximum Gasteiger partial charge on any atom is 0.434 e. The van der Waals surface area contributed by atoms with Crippen LogP contribution in [0.5, 0.6) is 0 Å².